The molecular formula is C12H19NO4. The van der Waals surface area contributed by atoms with E-state index in [9.17, 15) is 9.59 Å². The highest BCUT2D eigenvalue weighted by Crippen LogP contribution is 2.24. The number of carbonyl (C=O) groups is 2. The number of rotatable bonds is 1. The minimum absolute atomic E-state index is 0.342. The summed E-state index contributed by atoms with van der Waals surface area (Å²) in [6.07, 6.45) is -0.0714. The van der Waals surface area contributed by atoms with E-state index in [1.807, 2.05) is 0 Å². The summed E-state index contributed by atoms with van der Waals surface area (Å²) in [7, 11) is 1.30. The predicted octanol–water partition coefficient (Wildman–Crippen LogP) is 1.72. The van der Waals surface area contributed by atoms with Crippen LogP contribution in [0.4, 0.5) is 4.79 Å². The molecule has 0 bridgehead atoms. The van der Waals surface area contributed by atoms with Gasteiger partial charge in [-0.3, -0.25) is 4.90 Å². The summed E-state index contributed by atoms with van der Waals surface area (Å²) in [6.45, 7) is 9.48. The number of amides is 1. The third-order valence-corrected chi connectivity index (χ3v) is 2.35. The lowest BCUT2D eigenvalue weighted by Crippen LogP contribution is -2.43. The molecule has 1 heterocycles. The zero-order valence-corrected chi connectivity index (χ0v) is 10.8. The molecule has 1 amide bonds. The van der Waals surface area contributed by atoms with Crippen LogP contribution in [0.1, 0.15) is 27.2 Å². The quantitative estimate of drug-likeness (QED) is 0.518. The molecule has 5 nitrogen and oxygen atoms in total. The first-order chi connectivity index (χ1) is 7.74. The van der Waals surface area contributed by atoms with Gasteiger partial charge in [-0.1, -0.05) is 12.2 Å². The number of likely N-dealkylation sites (tertiary alicyclic amines) is 1. The number of hydrogen-bond acceptors (Lipinski definition) is 4. The maximum absolute atomic E-state index is 11.9. The highest BCUT2D eigenvalue weighted by atomic mass is 16.6. The molecular weight excluding hydrogens is 222 g/mol. The van der Waals surface area contributed by atoms with Crippen LogP contribution in [0.2, 0.25) is 0 Å². The predicted molar refractivity (Wildman–Crippen MR) is 62.5 cm³/mol. The molecule has 0 spiro atoms. The van der Waals surface area contributed by atoms with Crippen LogP contribution in [0.25, 0.3) is 0 Å². The topological polar surface area (TPSA) is 55.8 Å². The van der Waals surface area contributed by atoms with Crippen molar-refractivity contribution in [2.24, 2.45) is 0 Å². The molecule has 1 aliphatic heterocycles. The first-order valence-corrected chi connectivity index (χ1v) is 5.48. The number of methoxy groups -OCH3 is 1. The molecule has 1 unspecified atom stereocenters. The van der Waals surface area contributed by atoms with E-state index >= 15 is 0 Å². The lowest BCUT2D eigenvalue weighted by Gasteiger charge is -2.27. The second-order valence-corrected chi connectivity index (χ2v) is 5.10. The first kappa shape index (κ1) is 13.5. The molecule has 0 saturated carbocycles. The highest BCUT2D eigenvalue weighted by molar-refractivity contribution is 5.83. The molecule has 96 valence electrons. The van der Waals surface area contributed by atoms with E-state index in [0.717, 1.165) is 5.57 Å². The zero-order valence-electron chi connectivity index (χ0n) is 10.8. The van der Waals surface area contributed by atoms with Crippen molar-refractivity contribution in [3.63, 3.8) is 0 Å². The Bertz CT molecular complexity index is 343. The van der Waals surface area contributed by atoms with Crippen LogP contribution >= 0.6 is 0 Å². The minimum Gasteiger partial charge on any atom is -0.467 e. The van der Waals surface area contributed by atoms with Crippen LogP contribution in [-0.2, 0) is 14.3 Å². The second kappa shape index (κ2) is 4.77. The number of carbonyl (C=O) groups excluding carboxylic acids is 2. The molecule has 0 N–H and O–H groups in total. The summed E-state index contributed by atoms with van der Waals surface area (Å²) < 4.78 is 9.90. The summed E-state index contributed by atoms with van der Waals surface area (Å²) in [5, 5.41) is 0. The van der Waals surface area contributed by atoms with Gasteiger partial charge >= 0.3 is 12.1 Å². The molecule has 0 radical (unpaired) electrons. The maximum atomic E-state index is 11.9. The van der Waals surface area contributed by atoms with Crippen LogP contribution in [-0.4, -0.2) is 42.3 Å². The molecule has 17 heavy (non-hydrogen) atoms. The van der Waals surface area contributed by atoms with Gasteiger partial charge in [0.25, 0.3) is 0 Å². The van der Waals surface area contributed by atoms with Crippen molar-refractivity contribution in [1.82, 2.24) is 4.90 Å². The number of esters is 1. The van der Waals surface area contributed by atoms with Crippen molar-refractivity contribution in [2.45, 2.75) is 38.8 Å². The smallest absolute Gasteiger partial charge is 0.411 e. The lowest BCUT2D eigenvalue weighted by molar-refractivity contribution is -0.145. The average molecular weight is 241 g/mol. The van der Waals surface area contributed by atoms with Crippen LogP contribution in [0.5, 0.6) is 0 Å². The third-order valence-electron chi connectivity index (χ3n) is 2.35. The minimum atomic E-state index is -0.609. The van der Waals surface area contributed by atoms with Crippen molar-refractivity contribution >= 4 is 12.1 Å². The molecule has 1 aliphatic rings. The lowest BCUT2D eigenvalue weighted by atomic mass is 10.2. The molecule has 1 rings (SSSR count). The summed E-state index contributed by atoms with van der Waals surface area (Å²) in [5.41, 5.74) is 0.244. The monoisotopic (exact) mass is 241 g/mol. The van der Waals surface area contributed by atoms with E-state index in [-0.39, 0.29) is 0 Å². The Morgan fingerprint density at radius 1 is 1.41 bits per heavy atom. The fraction of sp³-hybridized carbons (Fsp3) is 0.667. The second-order valence-electron chi connectivity index (χ2n) is 5.10. The summed E-state index contributed by atoms with van der Waals surface area (Å²) in [4.78, 5) is 24.8. The van der Waals surface area contributed by atoms with Gasteiger partial charge in [0, 0.05) is 13.0 Å². The molecule has 1 saturated heterocycles. The van der Waals surface area contributed by atoms with Gasteiger partial charge in [0.05, 0.1) is 7.11 Å². The van der Waals surface area contributed by atoms with Gasteiger partial charge in [0.1, 0.15) is 11.6 Å². The Morgan fingerprint density at radius 2 is 2.00 bits per heavy atom. The van der Waals surface area contributed by atoms with E-state index in [1.54, 1.807) is 20.8 Å². The Kier molecular flexibility index (Phi) is 3.80. The standard InChI is InChI=1S/C12H19NO4/c1-8-6-9(10(14)16-5)13(7-8)11(15)17-12(2,3)4/h9H,1,6-7H2,2-5H3. The van der Waals surface area contributed by atoms with Gasteiger partial charge < -0.3 is 9.47 Å². The number of hydrogen-bond donors (Lipinski definition) is 0. The van der Waals surface area contributed by atoms with Crippen LogP contribution in [0, 0.1) is 0 Å². The van der Waals surface area contributed by atoms with E-state index in [4.69, 9.17) is 4.74 Å². The largest absolute Gasteiger partial charge is 0.467 e. The van der Waals surface area contributed by atoms with Crippen molar-refractivity contribution in [3.8, 4) is 0 Å². The maximum Gasteiger partial charge on any atom is 0.411 e. The van der Waals surface area contributed by atoms with Gasteiger partial charge in [0.15, 0.2) is 0 Å². The SMILES string of the molecule is C=C1CC(C(=O)OC)N(C(=O)OC(C)(C)C)C1. The molecule has 1 fully saturated rings. The number of nitrogens with zero attached hydrogens (tertiary/aromatic N) is 1. The normalized spacial score (nSPS) is 20.4. The zero-order chi connectivity index (χ0) is 13.2. The molecule has 1 atom stereocenters. The Labute approximate surface area is 101 Å². The van der Waals surface area contributed by atoms with Crippen molar-refractivity contribution < 1.29 is 19.1 Å². The molecule has 0 aliphatic carbocycles. The highest BCUT2D eigenvalue weighted by Gasteiger charge is 2.38. The van der Waals surface area contributed by atoms with E-state index in [2.05, 4.69) is 11.3 Å². The summed E-state index contributed by atoms with van der Waals surface area (Å²) in [6, 6.07) is -0.609. The van der Waals surface area contributed by atoms with Gasteiger partial charge in [-0.2, -0.15) is 0 Å². The summed E-state index contributed by atoms with van der Waals surface area (Å²) >= 11 is 0. The molecule has 0 aromatic rings. The van der Waals surface area contributed by atoms with Gasteiger partial charge in [-0.05, 0) is 20.8 Å². The Balaban J connectivity index is 2.77. The Hall–Kier alpha value is -1.52. The van der Waals surface area contributed by atoms with Crippen LogP contribution in [0.3, 0.4) is 0 Å². The molecule has 5 heteroatoms. The van der Waals surface area contributed by atoms with Crippen LogP contribution in [0.15, 0.2) is 12.2 Å². The van der Waals surface area contributed by atoms with Crippen LogP contribution < -0.4 is 0 Å². The first-order valence-electron chi connectivity index (χ1n) is 5.48. The molecule has 0 aromatic carbocycles. The summed E-state index contributed by atoms with van der Waals surface area (Å²) in [5.74, 6) is -0.436. The fourth-order valence-electron chi connectivity index (χ4n) is 1.66. The van der Waals surface area contributed by atoms with Gasteiger partial charge in [-0.25, -0.2) is 9.59 Å². The van der Waals surface area contributed by atoms with Crippen molar-refractivity contribution in [1.29, 1.82) is 0 Å². The number of ether oxygens (including phenoxy) is 2. The van der Waals surface area contributed by atoms with Crippen molar-refractivity contribution in [3.05, 3.63) is 12.2 Å². The van der Waals surface area contributed by atoms with E-state index < -0.39 is 23.7 Å². The van der Waals surface area contributed by atoms with E-state index in [0.29, 0.717) is 13.0 Å². The average Bonchev–Trinajstić information content (AvgIpc) is 2.56. The van der Waals surface area contributed by atoms with Gasteiger partial charge in [-0.15, -0.1) is 0 Å². The third kappa shape index (κ3) is 3.47. The van der Waals surface area contributed by atoms with E-state index in [1.165, 1.54) is 12.0 Å². The van der Waals surface area contributed by atoms with Crippen molar-refractivity contribution in [2.75, 3.05) is 13.7 Å². The Morgan fingerprint density at radius 3 is 2.47 bits per heavy atom. The van der Waals surface area contributed by atoms with Gasteiger partial charge in [0.2, 0.25) is 0 Å². The fourth-order valence-corrected chi connectivity index (χ4v) is 1.66. The molecule has 0 aromatic heterocycles.